The van der Waals surface area contributed by atoms with E-state index >= 15 is 0 Å². The Hall–Kier alpha value is -3.59. The fraction of sp³-hybridized carbons (Fsp3) is 0.208. The zero-order valence-corrected chi connectivity index (χ0v) is 19.4. The zero-order valence-electron chi connectivity index (χ0n) is 18.6. The van der Waals surface area contributed by atoms with E-state index in [1.807, 2.05) is 0 Å². The highest BCUT2D eigenvalue weighted by atomic mass is 32.2. The average Bonchev–Trinajstić information content (AvgIpc) is 2.83. The van der Waals surface area contributed by atoms with Crippen LogP contribution in [0.2, 0.25) is 0 Å². The van der Waals surface area contributed by atoms with Gasteiger partial charge in [-0.2, -0.15) is 0 Å². The molecule has 3 aromatic rings. The van der Waals surface area contributed by atoms with E-state index in [1.54, 1.807) is 43.4 Å². The molecule has 7 nitrogen and oxygen atoms in total. The normalized spacial score (nSPS) is 11.0. The summed E-state index contributed by atoms with van der Waals surface area (Å²) in [5.74, 6) is 0.142. The van der Waals surface area contributed by atoms with Gasteiger partial charge in [0.15, 0.2) is 11.5 Å². The number of hydrogen-bond acceptors (Lipinski definition) is 5. The lowest BCUT2D eigenvalue weighted by atomic mass is 10.2. The van der Waals surface area contributed by atoms with Crippen molar-refractivity contribution in [1.29, 1.82) is 0 Å². The highest BCUT2D eigenvalue weighted by molar-refractivity contribution is 7.92. The van der Waals surface area contributed by atoms with Crippen molar-refractivity contribution < 1.29 is 27.1 Å². The summed E-state index contributed by atoms with van der Waals surface area (Å²) >= 11 is 0. The van der Waals surface area contributed by atoms with Crippen molar-refractivity contribution in [2.45, 2.75) is 11.4 Å². The smallest absolute Gasteiger partial charge is 0.264 e. The van der Waals surface area contributed by atoms with Crippen molar-refractivity contribution in [3.8, 4) is 11.5 Å². The van der Waals surface area contributed by atoms with Gasteiger partial charge in [-0.3, -0.25) is 9.10 Å². The lowest BCUT2D eigenvalue weighted by Gasteiger charge is -2.27. The van der Waals surface area contributed by atoms with Gasteiger partial charge in [-0.15, -0.1) is 0 Å². The number of hydrogen-bond donors (Lipinski definition) is 0. The third-order valence-electron chi connectivity index (χ3n) is 5.02. The van der Waals surface area contributed by atoms with Gasteiger partial charge >= 0.3 is 0 Å². The van der Waals surface area contributed by atoms with E-state index in [1.165, 1.54) is 43.4 Å². The fourth-order valence-corrected chi connectivity index (χ4v) is 4.66. The second-order valence-electron chi connectivity index (χ2n) is 7.24. The van der Waals surface area contributed by atoms with Crippen molar-refractivity contribution in [2.24, 2.45) is 0 Å². The van der Waals surface area contributed by atoms with Crippen LogP contribution in [0.1, 0.15) is 5.56 Å². The van der Waals surface area contributed by atoms with Crippen LogP contribution in [0.5, 0.6) is 11.5 Å². The van der Waals surface area contributed by atoms with Crippen LogP contribution in [0.4, 0.5) is 10.1 Å². The van der Waals surface area contributed by atoms with Crippen LogP contribution in [0, 0.1) is 5.82 Å². The molecular weight excluding hydrogens is 447 g/mol. The summed E-state index contributed by atoms with van der Waals surface area (Å²) in [4.78, 5) is 14.5. The minimum Gasteiger partial charge on any atom is -0.493 e. The topological polar surface area (TPSA) is 76.2 Å². The lowest BCUT2D eigenvalue weighted by molar-refractivity contribution is -0.128. The highest BCUT2D eigenvalue weighted by Gasteiger charge is 2.28. The summed E-state index contributed by atoms with van der Waals surface area (Å²) in [5, 5.41) is 0. The maximum absolute atomic E-state index is 13.5. The molecule has 9 heteroatoms. The molecule has 0 aliphatic heterocycles. The number of carbonyl (C=O) groups is 1. The van der Waals surface area contributed by atoms with Gasteiger partial charge in [0.05, 0.1) is 24.8 Å². The van der Waals surface area contributed by atoms with E-state index in [-0.39, 0.29) is 17.1 Å². The predicted molar refractivity (Wildman–Crippen MR) is 123 cm³/mol. The van der Waals surface area contributed by atoms with Crippen LogP contribution < -0.4 is 13.8 Å². The van der Waals surface area contributed by atoms with Gasteiger partial charge in [0.2, 0.25) is 5.91 Å². The quantitative estimate of drug-likeness (QED) is 0.475. The number of sulfonamides is 1. The molecule has 33 heavy (non-hydrogen) atoms. The van der Waals surface area contributed by atoms with E-state index in [0.717, 1.165) is 22.0 Å². The third-order valence-corrected chi connectivity index (χ3v) is 6.81. The Balaban J connectivity index is 1.86. The van der Waals surface area contributed by atoms with Crippen LogP contribution >= 0.6 is 0 Å². The van der Waals surface area contributed by atoms with E-state index in [2.05, 4.69) is 0 Å². The molecule has 174 valence electrons. The van der Waals surface area contributed by atoms with Crippen LogP contribution in [0.25, 0.3) is 0 Å². The van der Waals surface area contributed by atoms with Crippen LogP contribution in [0.15, 0.2) is 77.7 Å². The molecule has 0 aliphatic carbocycles. The summed E-state index contributed by atoms with van der Waals surface area (Å²) in [7, 11) is 0.571. The first-order valence-electron chi connectivity index (χ1n) is 10.0. The molecule has 1 amide bonds. The highest BCUT2D eigenvalue weighted by Crippen LogP contribution is 2.28. The summed E-state index contributed by atoms with van der Waals surface area (Å²) < 4.78 is 51.6. The van der Waals surface area contributed by atoms with Crippen molar-refractivity contribution in [2.75, 3.05) is 32.1 Å². The number of anilines is 1. The first-order valence-corrected chi connectivity index (χ1v) is 11.5. The first-order chi connectivity index (χ1) is 15.8. The van der Waals surface area contributed by atoms with Crippen molar-refractivity contribution in [1.82, 2.24) is 4.90 Å². The molecule has 3 rings (SSSR count). The van der Waals surface area contributed by atoms with Crippen LogP contribution in [-0.4, -0.2) is 47.0 Å². The molecule has 0 N–H and O–H groups in total. The zero-order chi connectivity index (χ0) is 24.0. The summed E-state index contributed by atoms with van der Waals surface area (Å²) in [6, 6.07) is 18.0. The minimum atomic E-state index is -4.06. The average molecular weight is 473 g/mol. The Kier molecular flexibility index (Phi) is 7.55. The third kappa shape index (κ3) is 5.61. The maximum Gasteiger partial charge on any atom is 0.264 e. The number of methoxy groups -OCH3 is 2. The standard InChI is InChI=1S/C24H25FN2O5S/c1-26(16-18-9-14-22(31-2)23(15-18)32-3)24(28)17-27(20-12-10-19(25)11-13-20)33(29,30)21-7-5-4-6-8-21/h4-15H,16-17H2,1-3H3. The molecule has 0 bridgehead atoms. The van der Waals surface area contributed by atoms with Crippen LogP contribution in [-0.2, 0) is 21.4 Å². The van der Waals surface area contributed by atoms with Gasteiger partial charge in [-0.25, -0.2) is 12.8 Å². The molecule has 0 aromatic heterocycles. The molecule has 0 spiro atoms. The number of nitrogens with zero attached hydrogens (tertiary/aromatic N) is 2. The number of likely N-dealkylation sites (N-methyl/N-ethyl adjacent to an activating group) is 1. The number of halogens is 1. The molecular formula is C24H25FN2O5S. The molecule has 0 aliphatic rings. The number of carbonyl (C=O) groups excluding carboxylic acids is 1. The van der Waals surface area contributed by atoms with Gasteiger partial charge < -0.3 is 14.4 Å². The Labute approximate surface area is 193 Å². The molecule has 0 unspecified atom stereocenters. The summed E-state index contributed by atoms with van der Waals surface area (Å²) in [6.45, 7) is -0.228. The maximum atomic E-state index is 13.5. The predicted octanol–water partition coefficient (Wildman–Crippen LogP) is 3.70. The Morgan fingerprint density at radius 3 is 2.15 bits per heavy atom. The van der Waals surface area contributed by atoms with E-state index in [9.17, 15) is 17.6 Å². The summed E-state index contributed by atoms with van der Waals surface area (Å²) in [5.41, 5.74) is 0.968. The number of ether oxygens (including phenoxy) is 2. The first kappa shape index (κ1) is 24.1. The Bertz CT molecular complexity index is 1200. The molecule has 0 saturated carbocycles. The Morgan fingerprint density at radius 2 is 1.55 bits per heavy atom. The second kappa shape index (κ2) is 10.4. The van der Waals surface area contributed by atoms with Crippen molar-refractivity contribution in [3.05, 3.63) is 84.2 Å². The van der Waals surface area contributed by atoms with E-state index in [4.69, 9.17) is 9.47 Å². The van der Waals surface area contributed by atoms with Gasteiger partial charge in [0, 0.05) is 13.6 Å². The van der Waals surface area contributed by atoms with E-state index in [0.29, 0.717) is 11.5 Å². The van der Waals surface area contributed by atoms with Crippen molar-refractivity contribution >= 4 is 21.6 Å². The number of rotatable bonds is 9. The van der Waals surface area contributed by atoms with E-state index < -0.39 is 28.3 Å². The molecule has 0 atom stereocenters. The Morgan fingerprint density at radius 1 is 0.909 bits per heavy atom. The molecule has 0 radical (unpaired) electrons. The number of benzene rings is 3. The molecule has 0 saturated heterocycles. The molecule has 0 heterocycles. The van der Waals surface area contributed by atoms with Gasteiger partial charge in [-0.05, 0) is 54.1 Å². The number of amides is 1. The SMILES string of the molecule is COc1ccc(CN(C)C(=O)CN(c2ccc(F)cc2)S(=O)(=O)c2ccccc2)cc1OC. The van der Waals surface area contributed by atoms with Gasteiger partial charge in [-0.1, -0.05) is 24.3 Å². The van der Waals surface area contributed by atoms with Crippen LogP contribution in [0.3, 0.4) is 0 Å². The van der Waals surface area contributed by atoms with Crippen molar-refractivity contribution in [3.63, 3.8) is 0 Å². The molecule has 3 aromatic carbocycles. The largest absolute Gasteiger partial charge is 0.493 e. The minimum absolute atomic E-state index is 0.0321. The fourth-order valence-electron chi connectivity index (χ4n) is 3.23. The van der Waals surface area contributed by atoms with Gasteiger partial charge in [0.25, 0.3) is 10.0 Å². The monoisotopic (exact) mass is 472 g/mol. The molecule has 0 fully saturated rings. The lowest BCUT2D eigenvalue weighted by Crippen LogP contribution is -2.41. The van der Waals surface area contributed by atoms with Gasteiger partial charge in [0.1, 0.15) is 12.4 Å². The summed E-state index contributed by atoms with van der Waals surface area (Å²) in [6.07, 6.45) is 0. The second-order valence-corrected chi connectivity index (χ2v) is 9.10.